The molecule has 0 aromatic carbocycles. The number of ether oxygens (including phenoxy) is 1. The lowest BCUT2D eigenvalue weighted by Gasteiger charge is -2.41. The normalized spacial score (nSPS) is 27.4. The van der Waals surface area contributed by atoms with Crippen molar-refractivity contribution in [3.63, 3.8) is 0 Å². The molecule has 2 fully saturated rings. The van der Waals surface area contributed by atoms with Crippen LogP contribution in [0.3, 0.4) is 0 Å². The molecule has 0 radical (unpaired) electrons. The first-order valence-electron chi connectivity index (χ1n) is 6.97. The Morgan fingerprint density at radius 1 is 1.41 bits per heavy atom. The molecule has 4 heteroatoms. The quantitative estimate of drug-likeness (QED) is 0.698. The highest BCUT2D eigenvalue weighted by Gasteiger charge is 2.28. The fraction of sp³-hybridized carbons (Fsp3) is 1.00. The van der Waals surface area contributed by atoms with Crippen molar-refractivity contribution in [2.45, 2.75) is 38.3 Å². The van der Waals surface area contributed by atoms with Gasteiger partial charge in [-0.15, -0.1) is 0 Å². The summed E-state index contributed by atoms with van der Waals surface area (Å²) in [4.78, 5) is 5.13. The summed E-state index contributed by atoms with van der Waals surface area (Å²) in [6.45, 7) is 8.80. The van der Waals surface area contributed by atoms with Gasteiger partial charge in [0.2, 0.25) is 0 Å². The van der Waals surface area contributed by atoms with Crippen LogP contribution in [0.25, 0.3) is 0 Å². The van der Waals surface area contributed by atoms with Gasteiger partial charge in [0.25, 0.3) is 0 Å². The van der Waals surface area contributed by atoms with Crippen LogP contribution in [0.15, 0.2) is 0 Å². The zero-order valence-electron chi connectivity index (χ0n) is 10.9. The van der Waals surface area contributed by atoms with Crippen molar-refractivity contribution in [2.24, 2.45) is 0 Å². The van der Waals surface area contributed by atoms with Crippen molar-refractivity contribution in [1.29, 1.82) is 0 Å². The summed E-state index contributed by atoms with van der Waals surface area (Å²) in [5.41, 5.74) is 0. The summed E-state index contributed by atoms with van der Waals surface area (Å²) >= 11 is 3.57. The first-order chi connectivity index (χ1) is 8.33. The third kappa shape index (κ3) is 3.91. The molecule has 0 aromatic heterocycles. The van der Waals surface area contributed by atoms with E-state index in [-0.39, 0.29) is 0 Å². The predicted octanol–water partition coefficient (Wildman–Crippen LogP) is 1.96. The topological polar surface area (TPSA) is 15.7 Å². The third-order valence-corrected chi connectivity index (χ3v) is 4.43. The number of morpholine rings is 1. The lowest BCUT2D eigenvalue weighted by atomic mass is 9.91. The van der Waals surface area contributed by atoms with E-state index < -0.39 is 0 Å². The second-order valence-corrected chi connectivity index (χ2v) is 5.95. The molecule has 17 heavy (non-hydrogen) atoms. The fourth-order valence-electron chi connectivity index (χ4n) is 2.72. The van der Waals surface area contributed by atoms with Crippen LogP contribution in [0.4, 0.5) is 0 Å². The van der Waals surface area contributed by atoms with Gasteiger partial charge in [-0.3, -0.25) is 9.80 Å². The van der Waals surface area contributed by atoms with Gasteiger partial charge in [-0.2, -0.15) is 0 Å². The number of likely N-dealkylation sites (N-methyl/N-ethyl adjacent to an activating group) is 1. The van der Waals surface area contributed by atoms with E-state index in [1.54, 1.807) is 0 Å². The molecule has 1 saturated heterocycles. The lowest BCUT2D eigenvalue weighted by Crippen LogP contribution is -2.51. The largest absolute Gasteiger partial charge is 0.374 e. The standard InChI is InChI=1S/C13H25BrN2O/c1-2-15-8-9-17-13(10-15)11-16(7-6-14)12-4-3-5-12/h12-13H,2-11H2,1H3. The Kier molecular flexibility index (Phi) is 5.74. The maximum atomic E-state index is 5.91. The van der Waals surface area contributed by atoms with Crippen molar-refractivity contribution in [3.8, 4) is 0 Å². The highest BCUT2D eigenvalue weighted by Crippen LogP contribution is 2.25. The summed E-state index contributed by atoms with van der Waals surface area (Å²) in [6.07, 6.45) is 4.60. The van der Waals surface area contributed by atoms with E-state index in [4.69, 9.17) is 4.74 Å². The maximum absolute atomic E-state index is 5.91. The molecule has 2 rings (SSSR count). The Bertz CT molecular complexity index is 223. The van der Waals surface area contributed by atoms with Crippen molar-refractivity contribution in [2.75, 3.05) is 44.7 Å². The predicted molar refractivity (Wildman–Crippen MR) is 74.9 cm³/mol. The van der Waals surface area contributed by atoms with Crippen LogP contribution in [0.1, 0.15) is 26.2 Å². The monoisotopic (exact) mass is 304 g/mol. The van der Waals surface area contributed by atoms with E-state index in [0.29, 0.717) is 6.10 Å². The Labute approximate surface area is 114 Å². The van der Waals surface area contributed by atoms with E-state index in [1.807, 2.05) is 0 Å². The van der Waals surface area contributed by atoms with Gasteiger partial charge >= 0.3 is 0 Å². The smallest absolute Gasteiger partial charge is 0.0829 e. The van der Waals surface area contributed by atoms with E-state index in [0.717, 1.165) is 50.7 Å². The first-order valence-corrected chi connectivity index (χ1v) is 8.09. The lowest BCUT2D eigenvalue weighted by molar-refractivity contribution is -0.0510. The van der Waals surface area contributed by atoms with Crippen LogP contribution < -0.4 is 0 Å². The molecular formula is C13H25BrN2O. The van der Waals surface area contributed by atoms with Crippen molar-refractivity contribution in [3.05, 3.63) is 0 Å². The number of nitrogens with zero attached hydrogens (tertiary/aromatic N) is 2. The number of rotatable bonds is 6. The third-order valence-electron chi connectivity index (χ3n) is 4.07. The number of alkyl halides is 1. The number of hydrogen-bond donors (Lipinski definition) is 0. The Hall–Kier alpha value is 0.360. The van der Waals surface area contributed by atoms with Gasteiger partial charge in [-0.25, -0.2) is 0 Å². The van der Waals surface area contributed by atoms with Gasteiger partial charge in [0.15, 0.2) is 0 Å². The minimum absolute atomic E-state index is 0.420. The molecule has 1 unspecified atom stereocenters. The van der Waals surface area contributed by atoms with Crippen LogP contribution in [0.5, 0.6) is 0 Å². The van der Waals surface area contributed by atoms with Gasteiger partial charge in [-0.05, 0) is 19.4 Å². The van der Waals surface area contributed by atoms with Crippen LogP contribution in [-0.4, -0.2) is 66.6 Å². The van der Waals surface area contributed by atoms with Crippen LogP contribution in [-0.2, 0) is 4.74 Å². The molecule has 0 spiro atoms. The van der Waals surface area contributed by atoms with Crippen molar-refractivity contribution in [1.82, 2.24) is 9.80 Å². The van der Waals surface area contributed by atoms with Gasteiger partial charge in [0.1, 0.15) is 0 Å². The molecule has 1 heterocycles. The second kappa shape index (κ2) is 7.07. The average molecular weight is 305 g/mol. The van der Waals surface area contributed by atoms with Gasteiger partial charge in [0, 0.05) is 37.6 Å². The zero-order valence-corrected chi connectivity index (χ0v) is 12.5. The van der Waals surface area contributed by atoms with Crippen LogP contribution in [0, 0.1) is 0 Å². The molecule has 100 valence electrons. The molecule has 1 atom stereocenters. The molecule has 0 aromatic rings. The molecule has 1 aliphatic heterocycles. The van der Waals surface area contributed by atoms with Crippen LogP contribution >= 0.6 is 15.9 Å². The van der Waals surface area contributed by atoms with Crippen molar-refractivity contribution >= 4 is 15.9 Å². The SMILES string of the molecule is CCN1CCOC(CN(CCBr)C2CCC2)C1. The van der Waals surface area contributed by atoms with Crippen molar-refractivity contribution < 1.29 is 4.74 Å². The molecule has 0 amide bonds. The molecule has 2 aliphatic rings. The second-order valence-electron chi connectivity index (χ2n) is 5.15. The summed E-state index contributed by atoms with van der Waals surface area (Å²) in [5.74, 6) is 0. The number of halogens is 1. The first kappa shape index (κ1) is 13.8. The molecule has 3 nitrogen and oxygen atoms in total. The summed E-state index contributed by atoms with van der Waals surface area (Å²) in [7, 11) is 0. The van der Waals surface area contributed by atoms with E-state index >= 15 is 0 Å². The van der Waals surface area contributed by atoms with Gasteiger partial charge in [0.05, 0.1) is 12.7 Å². The highest BCUT2D eigenvalue weighted by atomic mass is 79.9. The van der Waals surface area contributed by atoms with Crippen LogP contribution in [0.2, 0.25) is 0 Å². The van der Waals surface area contributed by atoms with Gasteiger partial charge in [-0.1, -0.05) is 29.3 Å². The Balaban J connectivity index is 1.79. The molecule has 1 aliphatic carbocycles. The molecule has 0 N–H and O–H groups in total. The van der Waals surface area contributed by atoms with Gasteiger partial charge < -0.3 is 4.74 Å². The molecular weight excluding hydrogens is 280 g/mol. The summed E-state index contributed by atoms with van der Waals surface area (Å²) in [5, 5.41) is 1.08. The fourth-order valence-corrected chi connectivity index (χ4v) is 3.18. The minimum Gasteiger partial charge on any atom is -0.374 e. The highest BCUT2D eigenvalue weighted by molar-refractivity contribution is 9.09. The minimum atomic E-state index is 0.420. The Morgan fingerprint density at radius 3 is 2.82 bits per heavy atom. The molecule has 1 saturated carbocycles. The maximum Gasteiger partial charge on any atom is 0.0829 e. The zero-order chi connectivity index (χ0) is 12.1. The van der Waals surface area contributed by atoms with E-state index in [2.05, 4.69) is 32.7 Å². The Morgan fingerprint density at radius 2 is 2.24 bits per heavy atom. The summed E-state index contributed by atoms with van der Waals surface area (Å²) in [6, 6.07) is 0.827. The van der Waals surface area contributed by atoms with E-state index in [1.165, 1.54) is 19.3 Å². The summed E-state index contributed by atoms with van der Waals surface area (Å²) < 4.78 is 5.91. The average Bonchev–Trinajstić information content (AvgIpc) is 2.27. The number of hydrogen-bond acceptors (Lipinski definition) is 3. The molecule has 0 bridgehead atoms. The van der Waals surface area contributed by atoms with E-state index in [9.17, 15) is 0 Å².